The van der Waals surface area contributed by atoms with E-state index >= 15 is 0 Å². The Morgan fingerprint density at radius 3 is 1.70 bits per heavy atom. The Hall–Kier alpha value is -1.70. The predicted octanol–water partition coefficient (Wildman–Crippen LogP) is 2.07. The Morgan fingerprint density at radius 2 is 1.20 bits per heavy atom. The third kappa shape index (κ3) is 2.60. The van der Waals surface area contributed by atoms with E-state index in [4.69, 9.17) is 4.55 Å². The SMILES string of the molecule is Cc1ccccc1S(=O)(=O)c1ccccc1S(=O)(=O)O. The van der Waals surface area contributed by atoms with Crippen LogP contribution >= 0.6 is 0 Å². The highest BCUT2D eigenvalue weighted by Crippen LogP contribution is 2.28. The van der Waals surface area contributed by atoms with Gasteiger partial charge in [0.05, 0.1) is 9.79 Å². The normalized spacial score (nSPS) is 12.3. The van der Waals surface area contributed by atoms with Crippen LogP contribution in [0.25, 0.3) is 0 Å². The van der Waals surface area contributed by atoms with Gasteiger partial charge in [-0.2, -0.15) is 8.42 Å². The number of aryl methyl sites for hydroxylation is 1. The molecule has 2 rings (SSSR count). The van der Waals surface area contributed by atoms with Crippen LogP contribution in [0.15, 0.2) is 63.2 Å². The second-order valence-corrected chi connectivity index (χ2v) is 7.47. The fraction of sp³-hybridized carbons (Fsp3) is 0.0769. The molecular formula is C13H12O5S2. The Labute approximate surface area is 117 Å². The van der Waals surface area contributed by atoms with Crippen molar-refractivity contribution in [3.8, 4) is 0 Å². The smallest absolute Gasteiger partial charge is 0.282 e. The maximum atomic E-state index is 12.5. The van der Waals surface area contributed by atoms with Gasteiger partial charge in [-0.05, 0) is 30.7 Å². The minimum absolute atomic E-state index is 0.0103. The predicted molar refractivity (Wildman–Crippen MR) is 72.9 cm³/mol. The Morgan fingerprint density at radius 1 is 0.750 bits per heavy atom. The van der Waals surface area contributed by atoms with Crippen LogP contribution in [0.4, 0.5) is 0 Å². The molecule has 1 N–H and O–H groups in total. The van der Waals surface area contributed by atoms with Crippen molar-refractivity contribution >= 4 is 20.0 Å². The summed E-state index contributed by atoms with van der Waals surface area (Å²) >= 11 is 0. The maximum absolute atomic E-state index is 12.5. The molecule has 0 saturated heterocycles. The zero-order chi connectivity index (χ0) is 15.0. The molecule has 2 aromatic rings. The van der Waals surface area contributed by atoms with Crippen LogP contribution in [-0.2, 0) is 20.0 Å². The molecule has 0 radical (unpaired) electrons. The summed E-state index contributed by atoms with van der Waals surface area (Å²) in [6, 6.07) is 11.2. The lowest BCUT2D eigenvalue weighted by Crippen LogP contribution is -2.10. The average Bonchev–Trinajstić information content (AvgIpc) is 2.38. The van der Waals surface area contributed by atoms with Crippen LogP contribution < -0.4 is 0 Å². The molecule has 5 nitrogen and oxygen atoms in total. The molecule has 106 valence electrons. The first-order valence-corrected chi connectivity index (χ1v) is 8.54. The monoisotopic (exact) mass is 312 g/mol. The van der Waals surface area contributed by atoms with Crippen LogP contribution in [0.3, 0.4) is 0 Å². The fourth-order valence-electron chi connectivity index (χ4n) is 1.86. The molecule has 0 aliphatic rings. The summed E-state index contributed by atoms with van der Waals surface area (Å²) in [7, 11) is -8.64. The summed E-state index contributed by atoms with van der Waals surface area (Å²) in [5.41, 5.74) is 0.498. The van der Waals surface area contributed by atoms with E-state index in [1.165, 1.54) is 18.2 Å². The van der Waals surface area contributed by atoms with Gasteiger partial charge in [0, 0.05) is 0 Å². The number of benzene rings is 2. The molecule has 0 unspecified atom stereocenters. The van der Waals surface area contributed by atoms with Crippen molar-refractivity contribution in [2.75, 3.05) is 0 Å². The van der Waals surface area contributed by atoms with Crippen molar-refractivity contribution in [1.29, 1.82) is 0 Å². The molecular weight excluding hydrogens is 300 g/mol. The summed E-state index contributed by atoms with van der Waals surface area (Å²) in [6.45, 7) is 1.61. The van der Waals surface area contributed by atoms with Gasteiger partial charge in [-0.3, -0.25) is 4.55 Å². The third-order valence-corrected chi connectivity index (χ3v) is 5.81. The van der Waals surface area contributed by atoms with Crippen molar-refractivity contribution < 1.29 is 21.4 Å². The fourth-order valence-corrected chi connectivity index (χ4v) is 4.66. The van der Waals surface area contributed by atoms with E-state index in [2.05, 4.69) is 0 Å². The second kappa shape index (κ2) is 5.01. The van der Waals surface area contributed by atoms with Crippen molar-refractivity contribution in [2.45, 2.75) is 21.6 Å². The zero-order valence-corrected chi connectivity index (χ0v) is 12.1. The lowest BCUT2D eigenvalue weighted by Gasteiger charge is -2.10. The number of rotatable bonds is 3. The van der Waals surface area contributed by atoms with Crippen LogP contribution in [0.1, 0.15) is 5.56 Å². The summed E-state index contributed by atoms with van der Waals surface area (Å²) in [5.74, 6) is 0. The standard InChI is InChI=1S/C13H12O5S2/c1-10-6-2-3-7-11(10)19(14,15)12-8-4-5-9-13(12)20(16,17)18/h2-9H,1H3,(H,16,17,18). The molecule has 0 spiro atoms. The van der Waals surface area contributed by atoms with Gasteiger partial charge in [0.2, 0.25) is 9.84 Å². The van der Waals surface area contributed by atoms with Crippen molar-refractivity contribution in [3.63, 3.8) is 0 Å². The van der Waals surface area contributed by atoms with Crippen LogP contribution in [0.2, 0.25) is 0 Å². The third-order valence-electron chi connectivity index (χ3n) is 2.80. The summed E-state index contributed by atoms with van der Waals surface area (Å²) in [4.78, 5) is -1.05. The van der Waals surface area contributed by atoms with E-state index < -0.39 is 29.7 Å². The van der Waals surface area contributed by atoms with Gasteiger partial charge in [-0.1, -0.05) is 30.3 Å². The molecule has 20 heavy (non-hydrogen) atoms. The van der Waals surface area contributed by atoms with E-state index in [-0.39, 0.29) is 4.90 Å². The summed E-state index contributed by atoms with van der Waals surface area (Å²) in [6.07, 6.45) is 0. The number of hydrogen-bond donors (Lipinski definition) is 1. The molecule has 0 amide bonds. The highest BCUT2D eigenvalue weighted by Gasteiger charge is 2.27. The molecule has 0 heterocycles. The topological polar surface area (TPSA) is 88.5 Å². The van der Waals surface area contributed by atoms with Gasteiger partial charge in [-0.25, -0.2) is 8.42 Å². The van der Waals surface area contributed by atoms with Gasteiger partial charge in [0.1, 0.15) is 4.90 Å². The summed E-state index contributed by atoms with van der Waals surface area (Å²) < 4.78 is 56.9. The van der Waals surface area contributed by atoms with E-state index in [1.807, 2.05) is 0 Å². The average molecular weight is 312 g/mol. The summed E-state index contributed by atoms with van der Waals surface area (Å²) in [5, 5.41) is 0. The van der Waals surface area contributed by atoms with Gasteiger partial charge in [0.15, 0.2) is 0 Å². The molecule has 0 saturated carbocycles. The first kappa shape index (κ1) is 14.7. The first-order valence-electron chi connectivity index (χ1n) is 5.62. The van der Waals surface area contributed by atoms with Gasteiger partial charge < -0.3 is 0 Å². The van der Waals surface area contributed by atoms with Crippen molar-refractivity contribution in [2.24, 2.45) is 0 Å². The second-order valence-electron chi connectivity index (χ2n) is 4.19. The van der Waals surface area contributed by atoms with Crippen molar-refractivity contribution in [3.05, 3.63) is 54.1 Å². The van der Waals surface area contributed by atoms with E-state index in [9.17, 15) is 16.8 Å². The molecule has 0 bridgehead atoms. The Balaban J connectivity index is 2.79. The molecule has 0 aliphatic heterocycles. The van der Waals surface area contributed by atoms with E-state index in [1.54, 1.807) is 25.1 Å². The molecule has 0 fully saturated rings. The van der Waals surface area contributed by atoms with Crippen molar-refractivity contribution in [1.82, 2.24) is 0 Å². The maximum Gasteiger partial charge on any atom is 0.295 e. The van der Waals surface area contributed by atoms with Crippen LogP contribution in [0, 0.1) is 6.92 Å². The van der Waals surface area contributed by atoms with E-state index in [0.29, 0.717) is 5.56 Å². The highest BCUT2D eigenvalue weighted by atomic mass is 32.2. The van der Waals surface area contributed by atoms with Gasteiger partial charge >= 0.3 is 0 Å². The van der Waals surface area contributed by atoms with E-state index in [0.717, 1.165) is 12.1 Å². The molecule has 0 aliphatic carbocycles. The minimum Gasteiger partial charge on any atom is -0.282 e. The minimum atomic E-state index is -4.62. The molecule has 0 atom stereocenters. The quantitative estimate of drug-likeness (QED) is 0.877. The number of sulfone groups is 1. The van der Waals surface area contributed by atoms with Gasteiger partial charge in [0.25, 0.3) is 10.1 Å². The molecule has 7 heteroatoms. The lowest BCUT2D eigenvalue weighted by molar-refractivity contribution is 0.479. The lowest BCUT2D eigenvalue weighted by atomic mass is 10.2. The largest absolute Gasteiger partial charge is 0.295 e. The molecule has 0 aromatic heterocycles. The van der Waals surface area contributed by atoms with Crippen LogP contribution in [-0.4, -0.2) is 21.4 Å². The van der Waals surface area contributed by atoms with Crippen LogP contribution in [0.5, 0.6) is 0 Å². The first-order chi connectivity index (χ1) is 9.24. The van der Waals surface area contributed by atoms with Gasteiger partial charge in [-0.15, -0.1) is 0 Å². The highest BCUT2D eigenvalue weighted by molar-refractivity contribution is 7.93. The zero-order valence-electron chi connectivity index (χ0n) is 10.5. The Bertz CT molecular complexity index is 852. The number of hydrogen-bond acceptors (Lipinski definition) is 4. The Kier molecular flexibility index (Phi) is 3.68. The molecule has 2 aromatic carbocycles.